The van der Waals surface area contributed by atoms with Crippen LogP contribution in [0.5, 0.6) is 0 Å². The van der Waals surface area contributed by atoms with Gasteiger partial charge in [-0.05, 0) is 26.3 Å². The van der Waals surface area contributed by atoms with Crippen LogP contribution in [0.25, 0.3) is 0 Å². The molecule has 0 spiro atoms. The molecule has 1 amide bonds. The lowest BCUT2D eigenvalue weighted by molar-refractivity contribution is -0.119. The summed E-state index contributed by atoms with van der Waals surface area (Å²) in [5.41, 5.74) is 0.706. The molecule has 114 valence electrons. The van der Waals surface area contributed by atoms with Crippen LogP contribution in [0.1, 0.15) is 30.1 Å². The smallest absolute Gasteiger partial charge is 0.230 e. The summed E-state index contributed by atoms with van der Waals surface area (Å²) >= 11 is 1.38. The van der Waals surface area contributed by atoms with E-state index in [0.29, 0.717) is 23.1 Å². The third-order valence-electron chi connectivity index (χ3n) is 3.55. The highest BCUT2D eigenvalue weighted by molar-refractivity contribution is 8.00. The molecular weight excluding hydrogens is 284 g/mol. The maximum Gasteiger partial charge on any atom is 0.230 e. The predicted octanol–water partition coefficient (Wildman–Crippen LogP) is 1.86. The number of piperidine rings is 1. The van der Waals surface area contributed by atoms with Gasteiger partial charge in [-0.25, -0.2) is 0 Å². The van der Waals surface area contributed by atoms with Crippen LogP contribution in [-0.2, 0) is 4.79 Å². The van der Waals surface area contributed by atoms with Crippen LogP contribution in [0, 0.1) is 0 Å². The van der Waals surface area contributed by atoms with Crippen LogP contribution < -0.4 is 10.6 Å². The Bertz CT molecular complexity index is 478. The lowest BCUT2D eigenvalue weighted by atomic mass is 10.0. The van der Waals surface area contributed by atoms with Crippen molar-refractivity contribution in [2.75, 3.05) is 18.1 Å². The van der Waals surface area contributed by atoms with Crippen molar-refractivity contribution in [2.24, 2.45) is 0 Å². The van der Waals surface area contributed by atoms with Gasteiger partial charge in [-0.2, -0.15) is 0 Å². The Balaban J connectivity index is 1.66. The first-order valence-corrected chi connectivity index (χ1v) is 8.49. The van der Waals surface area contributed by atoms with Crippen molar-refractivity contribution in [2.45, 2.75) is 31.8 Å². The first kappa shape index (κ1) is 16.0. The number of Topliss-reactive ketones (excluding diaryl/α,β-unsaturated/α-hetero) is 1. The van der Waals surface area contributed by atoms with E-state index in [2.05, 4.69) is 17.6 Å². The molecule has 5 heteroatoms. The van der Waals surface area contributed by atoms with Crippen LogP contribution in [-0.4, -0.2) is 41.8 Å². The van der Waals surface area contributed by atoms with Crippen molar-refractivity contribution in [1.82, 2.24) is 10.6 Å². The van der Waals surface area contributed by atoms with Crippen LogP contribution in [0.2, 0.25) is 0 Å². The third-order valence-corrected chi connectivity index (χ3v) is 4.48. The number of carbonyl (C=O) groups is 2. The summed E-state index contributed by atoms with van der Waals surface area (Å²) < 4.78 is 0. The van der Waals surface area contributed by atoms with Gasteiger partial charge in [0.15, 0.2) is 5.78 Å². The minimum Gasteiger partial charge on any atom is -0.353 e. The van der Waals surface area contributed by atoms with Crippen LogP contribution >= 0.6 is 11.8 Å². The first-order chi connectivity index (χ1) is 10.1. The quantitative estimate of drug-likeness (QED) is 0.788. The fraction of sp³-hybridized carbons (Fsp3) is 0.500. The van der Waals surface area contributed by atoms with Gasteiger partial charge in [0.1, 0.15) is 0 Å². The molecule has 2 atom stereocenters. The van der Waals surface area contributed by atoms with Gasteiger partial charge in [0.25, 0.3) is 0 Å². The fourth-order valence-electron chi connectivity index (χ4n) is 2.48. The number of rotatable bonds is 6. The van der Waals surface area contributed by atoms with Gasteiger partial charge in [-0.3, -0.25) is 9.59 Å². The van der Waals surface area contributed by atoms with E-state index in [4.69, 9.17) is 0 Å². The average Bonchev–Trinajstić information content (AvgIpc) is 2.48. The summed E-state index contributed by atoms with van der Waals surface area (Å²) in [7, 11) is 0. The number of ketones is 1. The van der Waals surface area contributed by atoms with E-state index in [-0.39, 0.29) is 17.7 Å². The fourth-order valence-corrected chi connectivity index (χ4v) is 3.20. The van der Waals surface area contributed by atoms with Crippen LogP contribution in [0.3, 0.4) is 0 Å². The zero-order valence-electron chi connectivity index (χ0n) is 12.3. The Labute approximate surface area is 130 Å². The van der Waals surface area contributed by atoms with Gasteiger partial charge < -0.3 is 10.6 Å². The summed E-state index contributed by atoms with van der Waals surface area (Å²) in [6.45, 7) is 3.08. The molecule has 0 saturated carbocycles. The number of amides is 1. The van der Waals surface area contributed by atoms with Crippen molar-refractivity contribution < 1.29 is 9.59 Å². The Morgan fingerprint density at radius 3 is 2.76 bits per heavy atom. The van der Waals surface area contributed by atoms with Gasteiger partial charge in [0.05, 0.1) is 11.5 Å². The maximum atomic E-state index is 11.9. The molecule has 1 aliphatic heterocycles. The molecule has 1 aromatic rings. The minimum atomic E-state index is 0.0277. The lowest BCUT2D eigenvalue weighted by Crippen LogP contribution is -2.47. The lowest BCUT2D eigenvalue weighted by Gasteiger charge is -2.28. The molecule has 1 aromatic carbocycles. The van der Waals surface area contributed by atoms with Gasteiger partial charge >= 0.3 is 0 Å². The van der Waals surface area contributed by atoms with E-state index in [0.717, 1.165) is 19.4 Å². The molecule has 0 bridgehead atoms. The summed E-state index contributed by atoms with van der Waals surface area (Å²) in [6.07, 6.45) is 1.95. The number of thioether (sulfide) groups is 1. The van der Waals surface area contributed by atoms with E-state index < -0.39 is 0 Å². The van der Waals surface area contributed by atoms with Crippen LogP contribution in [0.4, 0.5) is 0 Å². The first-order valence-electron chi connectivity index (χ1n) is 7.34. The number of hydrogen-bond acceptors (Lipinski definition) is 4. The molecule has 0 aromatic heterocycles. The average molecular weight is 306 g/mol. The molecule has 21 heavy (non-hydrogen) atoms. The van der Waals surface area contributed by atoms with Gasteiger partial charge in [0.2, 0.25) is 5.91 Å². The highest BCUT2D eigenvalue weighted by Gasteiger charge is 2.19. The molecule has 1 heterocycles. The van der Waals surface area contributed by atoms with E-state index >= 15 is 0 Å². The molecule has 2 rings (SSSR count). The van der Waals surface area contributed by atoms with Crippen molar-refractivity contribution in [1.29, 1.82) is 0 Å². The normalized spacial score (nSPS) is 21.8. The molecule has 2 N–H and O–H groups in total. The monoisotopic (exact) mass is 306 g/mol. The second kappa shape index (κ2) is 8.20. The largest absolute Gasteiger partial charge is 0.353 e. The van der Waals surface area contributed by atoms with Crippen molar-refractivity contribution in [3.8, 4) is 0 Å². The standard InChI is InChI=1S/C16H22N2O2S/c1-12-9-14(7-8-17-12)18-16(20)11-21-10-15(19)13-5-3-2-4-6-13/h2-6,12,14,17H,7-11H2,1H3,(H,18,20). The molecule has 4 nitrogen and oxygen atoms in total. The molecule has 0 aliphatic carbocycles. The zero-order valence-corrected chi connectivity index (χ0v) is 13.1. The molecule has 1 fully saturated rings. The highest BCUT2D eigenvalue weighted by Crippen LogP contribution is 2.10. The highest BCUT2D eigenvalue weighted by atomic mass is 32.2. The Morgan fingerprint density at radius 2 is 2.05 bits per heavy atom. The Hall–Kier alpha value is -1.33. The molecule has 1 saturated heterocycles. The minimum absolute atomic E-state index is 0.0277. The Kier molecular flexibility index (Phi) is 6.26. The van der Waals surface area contributed by atoms with E-state index in [1.165, 1.54) is 11.8 Å². The second-order valence-corrected chi connectivity index (χ2v) is 6.41. The summed E-state index contributed by atoms with van der Waals surface area (Å²) in [5.74, 6) is 0.792. The topological polar surface area (TPSA) is 58.2 Å². The van der Waals surface area contributed by atoms with Crippen LogP contribution in [0.15, 0.2) is 30.3 Å². The summed E-state index contributed by atoms with van der Waals surface area (Å²) in [5, 5.41) is 6.41. The van der Waals surface area contributed by atoms with E-state index in [1.807, 2.05) is 18.2 Å². The predicted molar refractivity (Wildman–Crippen MR) is 86.7 cm³/mol. The van der Waals surface area contributed by atoms with Crippen molar-refractivity contribution in [3.63, 3.8) is 0 Å². The Morgan fingerprint density at radius 1 is 1.29 bits per heavy atom. The van der Waals surface area contributed by atoms with E-state index in [1.54, 1.807) is 12.1 Å². The van der Waals surface area contributed by atoms with Gasteiger partial charge in [0, 0.05) is 17.6 Å². The number of nitrogens with one attached hydrogen (secondary N) is 2. The number of benzene rings is 1. The summed E-state index contributed by atoms with van der Waals surface area (Å²) in [4.78, 5) is 23.8. The molecular formula is C16H22N2O2S. The van der Waals surface area contributed by atoms with Crippen molar-refractivity contribution >= 4 is 23.5 Å². The maximum absolute atomic E-state index is 11.9. The molecule has 0 radical (unpaired) electrons. The molecule has 1 aliphatic rings. The van der Waals surface area contributed by atoms with Gasteiger partial charge in [-0.1, -0.05) is 30.3 Å². The number of carbonyl (C=O) groups excluding carboxylic acids is 2. The summed E-state index contributed by atoms with van der Waals surface area (Å²) in [6, 6.07) is 9.91. The third kappa shape index (κ3) is 5.52. The van der Waals surface area contributed by atoms with E-state index in [9.17, 15) is 9.59 Å². The molecule has 2 unspecified atom stereocenters. The second-order valence-electron chi connectivity index (χ2n) is 5.43. The number of hydrogen-bond donors (Lipinski definition) is 2. The van der Waals surface area contributed by atoms with Gasteiger partial charge in [-0.15, -0.1) is 11.8 Å². The SMILES string of the molecule is CC1CC(NC(=O)CSCC(=O)c2ccccc2)CCN1. The zero-order chi connectivity index (χ0) is 15.1. The van der Waals surface area contributed by atoms with Crippen molar-refractivity contribution in [3.05, 3.63) is 35.9 Å².